The second-order valence-electron chi connectivity index (χ2n) is 6.43. The van der Waals surface area contributed by atoms with E-state index in [1.807, 2.05) is 30.3 Å². The first-order chi connectivity index (χ1) is 12.8. The maximum Gasteiger partial charge on any atom is 0.233 e. The van der Waals surface area contributed by atoms with Crippen molar-refractivity contribution in [2.45, 2.75) is 23.9 Å². The van der Waals surface area contributed by atoms with Crippen LogP contribution in [0.5, 0.6) is 0 Å². The number of carbonyl (C=O) groups excluding carboxylic acids is 1. The van der Waals surface area contributed by atoms with Crippen LogP contribution in [-0.4, -0.2) is 42.5 Å². The van der Waals surface area contributed by atoms with E-state index in [1.54, 1.807) is 4.90 Å². The van der Waals surface area contributed by atoms with Crippen molar-refractivity contribution in [1.29, 1.82) is 0 Å². The molecule has 0 saturated carbocycles. The van der Waals surface area contributed by atoms with Gasteiger partial charge in [0, 0.05) is 17.5 Å². The number of thioether (sulfide) groups is 1. The molecule has 2 aromatic carbocycles. The topological polar surface area (TPSA) is 54.5 Å². The number of hydrogen-bond acceptors (Lipinski definition) is 4. The van der Waals surface area contributed by atoms with Gasteiger partial charge in [-0.15, -0.1) is 11.8 Å². The van der Waals surface area contributed by atoms with Gasteiger partial charge in [0.25, 0.3) is 0 Å². The second-order valence-corrected chi connectivity index (χ2v) is 9.71. The lowest BCUT2D eigenvalue weighted by Crippen LogP contribution is -2.41. The number of hydrogen-bond donors (Lipinski definition) is 0. The Labute approximate surface area is 161 Å². The average Bonchev–Trinajstić information content (AvgIpc) is 3.01. The fraction of sp³-hybridized carbons (Fsp3) is 0.316. The van der Waals surface area contributed by atoms with Crippen LogP contribution in [0.4, 0.5) is 8.78 Å². The van der Waals surface area contributed by atoms with Gasteiger partial charge in [-0.05, 0) is 30.2 Å². The summed E-state index contributed by atoms with van der Waals surface area (Å²) in [5, 5.41) is 0. The van der Waals surface area contributed by atoms with Crippen LogP contribution in [0.15, 0.2) is 53.4 Å². The third kappa shape index (κ3) is 5.29. The fourth-order valence-electron chi connectivity index (χ4n) is 3.02. The van der Waals surface area contributed by atoms with Crippen molar-refractivity contribution in [2.75, 3.05) is 17.3 Å². The zero-order valence-electron chi connectivity index (χ0n) is 14.5. The fourth-order valence-corrected chi connectivity index (χ4v) is 5.55. The summed E-state index contributed by atoms with van der Waals surface area (Å²) in [5.41, 5.74) is 0.910. The van der Waals surface area contributed by atoms with Gasteiger partial charge in [0.1, 0.15) is 0 Å². The van der Waals surface area contributed by atoms with Gasteiger partial charge in [-0.1, -0.05) is 30.3 Å². The first-order valence-corrected chi connectivity index (χ1v) is 11.3. The molecule has 0 bridgehead atoms. The number of sulfone groups is 1. The normalized spacial score (nSPS) is 18.4. The SMILES string of the molecule is O=C(CSc1ccc(F)c(F)c1)N(Cc1ccccc1)[C@H]1CCS(=O)(=O)C1. The van der Waals surface area contributed by atoms with E-state index in [-0.39, 0.29) is 29.2 Å². The van der Waals surface area contributed by atoms with Crippen molar-refractivity contribution in [3.8, 4) is 0 Å². The molecule has 1 aliphatic rings. The Morgan fingerprint density at radius 3 is 2.48 bits per heavy atom. The summed E-state index contributed by atoms with van der Waals surface area (Å²) in [6, 6.07) is 12.5. The lowest BCUT2D eigenvalue weighted by Gasteiger charge is -2.28. The van der Waals surface area contributed by atoms with Gasteiger partial charge in [-0.3, -0.25) is 4.79 Å². The number of amides is 1. The van der Waals surface area contributed by atoms with Crippen LogP contribution in [0.2, 0.25) is 0 Å². The molecule has 27 heavy (non-hydrogen) atoms. The maximum atomic E-state index is 13.3. The van der Waals surface area contributed by atoms with Crippen molar-refractivity contribution in [2.24, 2.45) is 0 Å². The van der Waals surface area contributed by atoms with E-state index in [0.29, 0.717) is 17.9 Å². The molecule has 1 aliphatic heterocycles. The Morgan fingerprint density at radius 2 is 1.85 bits per heavy atom. The highest BCUT2D eigenvalue weighted by Crippen LogP contribution is 2.24. The van der Waals surface area contributed by atoms with Crippen molar-refractivity contribution in [3.05, 3.63) is 65.7 Å². The van der Waals surface area contributed by atoms with Gasteiger partial charge in [-0.25, -0.2) is 17.2 Å². The minimum atomic E-state index is -3.14. The van der Waals surface area contributed by atoms with Crippen LogP contribution in [0, 0.1) is 11.6 Å². The summed E-state index contributed by atoms with van der Waals surface area (Å²) >= 11 is 1.10. The van der Waals surface area contributed by atoms with Crippen molar-refractivity contribution in [3.63, 3.8) is 0 Å². The minimum absolute atomic E-state index is 0.0223. The van der Waals surface area contributed by atoms with E-state index in [2.05, 4.69) is 0 Å². The van der Waals surface area contributed by atoms with Crippen LogP contribution in [0.25, 0.3) is 0 Å². The van der Waals surface area contributed by atoms with Gasteiger partial charge in [-0.2, -0.15) is 0 Å². The first kappa shape index (κ1) is 19.8. The van der Waals surface area contributed by atoms with E-state index < -0.39 is 21.5 Å². The van der Waals surface area contributed by atoms with Crippen molar-refractivity contribution < 1.29 is 22.0 Å². The molecule has 2 aromatic rings. The van der Waals surface area contributed by atoms with Crippen LogP contribution >= 0.6 is 11.8 Å². The van der Waals surface area contributed by atoms with Crippen LogP contribution in [0.1, 0.15) is 12.0 Å². The number of carbonyl (C=O) groups is 1. The maximum absolute atomic E-state index is 13.3. The average molecular weight is 411 g/mol. The Balaban J connectivity index is 1.72. The largest absolute Gasteiger partial charge is 0.334 e. The monoisotopic (exact) mass is 411 g/mol. The quantitative estimate of drug-likeness (QED) is 0.685. The van der Waals surface area contributed by atoms with Gasteiger partial charge < -0.3 is 4.90 Å². The minimum Gasteiger partial charge on any atom is -0.334 e. The second kappa shape index (κ2) is 8.39. The summed E-state index contributed by atoms with van der Waals surface area (Å²) in [5.74, 6) is -2.07. The van der Waals surface area contributed by atoms with Gasteiger partial charge in [0.15, 0.2) is 21.5 Å². The molecule has 0 radical (unpaired) electrons. The highest BCUT2D eigenvalue weighted by molar-refractivity contribution is 8.00. The molecule has 1 saturated heterocycles. The molecule has 0 aromatic heterocycles. The van der Waals surface area contributed by atoms with Gasteiger partial charge >= 0.3 is 0 Å². The molecule has 0 unspecified atom stereocenters. The lowest BCUT2D eigenvalue weighted by molar-refractivity contribution is -0.130. The van der Waals surface area contributed by atoms with Gasteiger partial charge in [0.2, 0.25) is 5.91 Å². The third-order valence-corrected chi connectivity index (χ3v) is 7.15. The highest BCUT2D eigenvalue weighted by atomic mass is 32.2. The van der Waals surface area contributed by atoms with E-state index in [9.17, 15) is 22.0 Å². The highest BCUT2D eigenvalue weighted by Gasteiger charge is 2.34. The summed E-state index contributed by atoms with van der Waals surface area (Å²) < 4.78 is 50.1. The molecule has 4 nitrogen and oxygen atoms in total. The lowest BCUT2D eigenvalue weighted by atomic mass is 10.1. The molecule has 1 amide bonds. The van der Waals surface area contributed by atoms with Crippen LogP contribution in [0.3, 0.4) is 0 Å². The Kier molecular flexibility index (Phi) is 6.16. The number of nitrogens with zero attached hydrogens (tertiary/aromatic N) is 1. The number of rotatable bonds is 6. The van der Waals surface area contributed by atoms with Crippen molar-refractivity contribution >= 4 is 27.5 Å². The summed E-state index contributed by atoms with van der Waals surface area (Å²) in [7, 11) is -3.14. The summed E-state index contributed by atoms with van der Waals surface area (Å²) in [6.07, 6.45) is 0.413. The first-order valence-electron chi connectivity index (χ1n) is 8.46. The van der Waals surface area contributed by atoms with Crippen LogP contribution < -0.4 is 0 Å². The Morgan fingerprint density at radius 1 is 1.11 bits per heavy atom. The molecule has 0 spiro atoms. The van der Waals surface area contributed by atoms with Gasteiger partial charge in [0.05, 0.1) is 17.3 Å². The molecule has 3 rings (SSSR count). The third-order valence-electron chi connectivity index (χ3n) is 4.42. The van der Waals surface area contributed by atoms with E-state index in [4.69, 9.17) is 0 Å². The molecular formula is C19H19F2NO3S2. The molecule has 144 valence electrons. The standard InChI is InChI=1S/C19H19F2NO3S2/c20-17-7-6-16(10-18(17)21)26-12-19(23)22(11-14-4-2-1-3-5-14)15-8-9-27(24,25)13-15/h1-7,10,15H,8-9,11-13H2/t15-/m0/s1. The van der Waals surface area contributed by atoms with Crippen LogP contribution in [-0.2, 0) is 21.2 Å². The smallest absolute Gasteiger partial charge is 0.233 e. The molecule has 1 fully saturated rings. The Bertz CT molecular complexity index is 920. The molecule has 8 heteroatoms. The predicted octanol–water partition coefficient (Wildman–Crippen LogP) is 3.27. The molecule has 1 heterocycles. The zero-order valence-corrected chi connectivity index (χ0v) is 16.1. The molecular weight excluding hydrogens is 392 g/mol. The molecule has 0 N–H and O–H groups in total. The van der Waals surface area contributed by atoms with E-state index >= 15 is 0 Å². The van der Waals surface area contributed by atoms with E-state index in [0.717, 1.165) is 29.5 Å². The number of benzene rings is 2. The number of halogens is 2. The van der Waals surface area contributed by atoms with Crippen molar-refractivity contribution in [1.82, 2.24) is 4.90 Å². The molecule has 1 atom stereocenters. The predicted molar refractivity (Wildman–Crippen MR) is 101 cm³/mol. The molecule has 0 aliphatic carbocycles. The zero-order chi connectivity index (χ0) is 19.4. The summed E-state index contributed by atoms with van der Waals surface area (Å²) in [4.78, 5) is 14.8. The van der Waals surface area contributed by atoms with E-state index in [1.165, 1.54) is 6.07 Å². The summed E-state index contributed by atoms with van der Waals surface area (Å²) in [6.45, 7) is 0.318. The Hall–Kier alpha value is -1.93.